The summed E-state index contributed by atoms with van der Waals surface area (Å²) in [5.74, 6) is 2.70. The van der Waals surface area contributed by atoms with E-state index in [1.54, 1.807) is 6.07 Å². The summed E-state index contributed by atoms with van der Waals surface area (Å²) in [6.07, 6.45) is 1.04. The first-order chi connectivity index (χ1) is 9.15. The van der Waals surface area contributed by atoms with Gasteiger partial charge in [0.1, 0.15) is 11.3 Å². The van der Waals surface area contributed by atoms with Crippen molar-refractivity contribution in [3.05, 3.63) is 29.8 Å². The molecule has 0 aliphatic heterocycles. The predicted octanol–water partition coefficient (Wildman–Crippen LogP) is 4.62. The topological polar surface area (TPSA) is 17.8 Å². The Morgan fingerprint density at radius 3 is 2.95 bits per heavy atom. The number of thioether (sulfide) groups is 1. The zero-order valence-electron chi connectivity index (χ0n) is 11.2. The van der Waals surface area contributed by atoms with E-state index in [1.807, 2.05) is 29.3 Å². The minimum Gasteiger partial charge on any atom is -0.327 e. The second kappa shape index (κ2) is 6.62. The van der Waals surface area contributed by atoms with E-state index in [1.165, 1.54) is 6.07 Å². The van der Waals surface area contributed by atoms with Crippen LogP contribution >= 0.6 is 23.4 Å². The fourth-order valence-corrected chi connectivity index (χ4v) is 2.93. The second-order valence-corrected chi connectivity index (χ2v) is 6.44. The van der Waals surface area contributed by atoms with Crippen molar-refractivity contribution in [1.82, 2.24) is 9.55 Å². The molecular formula is C14H18ClFN2S. The number of aryl methyl sites for hydroxylation is 1. The van der Waals surface area contributed by atoms with Gasteiger partial charge in [-0.1, -0.05) is 13.0 Å². The highest BCUT2D eigenvalue weighted by atomic mass is 35.5. The van der Waals surface area contributed by atoms with Crippen LogP contribution in [0.3, 0.4) is 0 Å². The molecule has 2 nitrogen and oxygen atoms in total. The number of nitrogens with zero attached hydrogens (tertiary/aromatic N) is 2. The van der Waals surface area contributed by atoms with Gasteiger partial charge in [0.05, 0.1) is 10.9 Å². The number of imidazole rings is 1. The number of para-hydroxylation sites is 1. The molecule has 0 spiro atoms. The van der Waals surface area contributed by atoms with E-state index >= 15 is 0 Å². The highest BCUT2D eigenvalue weighted by molar-refractivity contribution is 7.99. The number of rotatable bonds is 6. The molecule has 0 amide bonds. The summed E-state index contributed by atoms with van der Waals surface area (Å²) in [6.45, 7) is 4.86. The summed E-state index contributed by atoms with van der Waals surface area (Å²) in [7, 11) is 0. The molecule has 104 valence electrons. The molecule has 0 aliphatic rings. The molecule has 5 heteroatoms. The van der Waals surface area contributed by atoms with Crippen LogP contribution < -0.4 is 0 Å². The lowest BCUT2D eigenvalue weighted by Crippen LogP contribution is -2.05. The van der Waals surface area contributed by atoms with Crippen molar-refractivity contribution in [3.63, 3.8) is 0 Å². The SMILES string of the molecule is CCSCCCn1c(C(C)Cl)nc2c(F)cccc21. The lowest BCUT2D eigenvalue weighted by Gasteiger charge is -2.10. The molecule has 1 atom stereocenters. The zero-order chi connectivity index (χ0) is 13.8. The van der Waals surface area contributed by atoms with Crippen molar-refractivity contribution < 1.29 is 4.39 Å². The molecule has 0 radical (unpaired) electrons. The highest BCUT2D eigenvalue weighted by Crippen LogP contribution is 2.26. The average Bonchev–Trinajstić information content (AvgIpc) is 2.75. The molecule has 0 saturated heterocycles. The van der Waals surface area contributed by atoms with Gasteiger partial charge in [-0.3, -0.25) is 0 Å². The van der Waals surface area contributed by atoms with Crippen LogP contribution in [0, 0.1) is 5.82 Å². The van der Waals surface area contributed by atoms with Gasteiger partial charge in [-0.15, -0.1) is 11.6 Å². The van der Waals surface area contributed by atoms with Crippen LogP contribution in [0.2, 0.25) is 0 Å². The lowest BCUT2D eigenvalue weighted by molar-refractivity contribution is 0.637. The molecule has 1 heterocycles. The van der Waals surface area contributed by atoms with Crippen LogP contribution in [0.4, 0.5) is 4.39 Å². The normalized spacial score (nSPS) is 13.1. The average molecular weight is 301 g/mol. The van der Waals surface area contributed by atoms with E-state index in [9.17, 15) is 4.39 Å². The van der Waals surface area contributed by atoms with Gasteiger partial charge in [0.25, 0.3) is 0 Å². The fraction of sp³-hybridized carbons (Fsp3) is 0.500. The molecule has 1 aromatic heterocycles. The fourth-order valence-electron chi connectivity index (χ4n) is 2.14. The van der Waals surface area contributed by atoms with Gasteiger partial charge in [-0.25, -0.2) is 9.37 Å². The van der Waals surface area contributed by atoms with Crippen LogP contribution in [0.15, 0.2) is 18.2 Å². The maximum Gasteiger partial charge on any atom is 0.151 e. The predicted molar refractivity (Wildman–Crippen MR) is 81.6 cm³/mol. The standard InChI is InChI=1S/C14H18ClFN2S/c1-3-19-9-5-8-18-12-7-4-6-11(16)13(12)17-14(18)10(2)15/h4,6-7,10H,3,5,8-9H2,1-2H3. The molecule has 0 aliphatic carbocycles. The Labute approximate surface area is 122 Å². The molecule has 0 bridgehead atoms. The minimum absolute atomic E-state index is 0.217. The van der Waals surface area contributed by atoms with Gasteiger partial charge in [-0.05, 0) is 37.0 Å². The second-order valence-electron chi connectivity index (χ2n) is 4.40. The molecule has 0 fully saturated rings. The van der Waals surface area contributed by atoms with E-state index in [4.69, 9.17) is 11.6 Å². The molecule has 0 N–H and O–H groups in total. The van der Waals surface area contributed by atoms with Gasteiger partial charge in [-0.2, -0.15) is 11.8 Å². The van der Waals surface area contributed by atoms with Crippen LogP contribution in [0.5, 0.6) is 0 Å². The first-order valence-corrected chi connectivity index (χ1v) is 8.10. The maximum absolute atomic E-state index is 13.8. The lowest BCUT2D eigenvalue weighted by atomic mass is 10.3. The van der Waals surface area contributed by atoms with Gasteiger partial charge >= 0.3 is 0 Å². The number of fused-ring (bicyclic) bond motifs is 1. The number of halogens is 2. The highest BCUT2D eigenvalue weighted by Gasteiger charge is 2.16. The van der Waals surface area contributed by atoms with Gasteiger partial charge in [0, 0.05) is 6.54 Å². The first kappa shape index (κ1) is 14.7. The van der Waals surface area contributed by atoms with E-state index in [-0.39, 0.29) is 11.2 Å². The number of hydrogen-bond donors (Lipinski definition) is 0. The Balaban J connectivity index is 2.33. The number of aromatic nitrogens is 2. The molecule has 2 aromatic rings. The van der Waals surface area contributed by atoms with Gasteiger partial charge in [0.2, 0.25) is 0 Å². The number of alkyl halides is 1. The zero-order valence-corrected chi connectivity index (χ0v) is 12.8. The van der Waals surface area contributed by atoms with Crippen molar-refractivity contribution in [2.75, 3.05) is 11.5 Å². The third kappa shape index (κ3) is 3.23. The number of hydrogen-bond acceptors (Lipinski definition) is 2. The summed E-state index contributed by atoms with van der Waals surface area (Å²) in [5.41, 5.74) is 1.26. The van der Waals surface area contributed by atoms with E-state index in [0.29, 0.717) is 5.52 Å². The first-order valence-electron chi connectivity index (χ1n) is 6.51. The molecule has 19 heavy (non-hydrogen) atoms. The summed E-state index contributed by atoms with van der Waals surface area (Å²) in [4.78, 5) is 4.36. The van der Waals surface area contributed by atoms with Crippen LogP contribution in [-0.2, 0) is 6.54 Å². The Bertz CT molecular complexity index is 554. The third-order valence-electron chi connectivity index (χ3n) is 2.99. The van der Waals surface area contributed by atoms with Crippen molar-refractivity contribution in [1.29, 1.82) is 0 Å². The summed E-state index contributed by atoms with van der Waals surface area (Å²) >= 11 is 8.07. The van der Waals surface area contributed by atoms with E-state index in [0.717, 1.165) is 35.8 Å². The Hall–Kier alpha value is -0.740. The van der Waals surface area contributed by atoms with Crippen LogP contribution in [-0.4, -0.2) is 21.1 Å². The van der Waals surface area contributed by atoms with E-state index in [2.05, 4.69) is 11.9 Å². The third-order valence-corrected chi connectivity index (χ3v) is 4.17. The van der Waals surface area contributed by atoms with Crippen molar-refractivity contribution in [2.45, 2.75) is 32.2 Å². The van der Waals surface area contributed by atoms with Crippen molar-refractivity contribution in [2.24, 2.45) is 0 Å². The molecule has 0 saturated carbocycles. The quantitative estimate of drug-likeness (QED) is 0.572. The summed E-state index contributed by atoms with van der Waals surface area (Å²) < 4.78 is 15.8. The molecule has 2 rings (SSSR count). The van der Waals surface area contributed by atoms with Crippen LogP contribution in [0.1, 0.15) is 31.5 Å². The molecular weight excluding hydrogens is 283 g/mol. The summed E-state index contributed by atoms with van der Waals surface area (Å²) in [5, 5.41) is -0.217. The Kier molecular flexibility index (Phi) is 5.11. The number of benzene rings is 1. The van der Waals surface area contributed by atoms with Crippen LogP contribution in [0.25, 0.3) is 11.0 Å². The molecule has 1 unspecified atom stereocenters. The summed E-state index contributed by atoms with van der Waals surface area (Å²) in [6, 6.07) is 5.07. The van der Waals surface area contributed by atoms with Crippen molar-refractivity contribution >= 4 is 34.4 Å². The maximum atomic E-state index is 13.8. The largest absolute Gasteiger partial charge is 0.327 e. The Morgan fingerprint density at radius 1 is 1.47 bits per heavy atom. The van der Waals surface area contributed by atoms with Gasteiger partial charge < -0.3 is 4.57 Å². The monoisotopic (exact) mass is 300 g/mol. The smallest absolute Gasteiger partial charge is 0.151 e. The van der Waals surface area contributed by atoms with Gasteiger partial charge in [0.15, 0.2) is 5.82 Å². The molecule has 1 aromatic carbocycles. The van der Waals surface area contributed by atoms with E-state index < -0.39 is 0 Å². The Morgan fingerprint density at radius 2 is 2.26 bits per heavy atom. The van der Waals surface area contributed by atoms with Crippen molar-refractivity contribution in [3.8, 4) is 0 Å². The minimum atomic E-state index is -0.280.